The van der Waals surface area contributed by atoms with E-state index in [4.69, 9.17) is 4.52 Å². The van der Waals surface area contributed by atoms with Crippen molar-refractivity contribution in [2.75, 3.05) is 28.6 Å². The van der Waals surface area contributed by atoms with Crippen LogP contribution in [0.25, 0.3) is 11.1 Å². The van der Waals surface area contributed by atoms with E-state index in [9.17, 15) is 19.5 Å². The molecule has 3 heterocycles. The van der Waals surface area contributed by atoms with Gasteiger partial charge in [0.15, 0.2) is 0 Å². The number of piperidine rings is 1. The number of likely N-dealkylation sites (tertiary alicyclic amines) is 1. The SMILES string of the molecule is CCC(=O)N1c2ccccc2[C@H](Nc2ccc(NC(=O)CCCC(=O)NC3CCN(Cc4cc(O)cc(-c5c(C)noc5C)c4)CC3)cc2)C[C@@H]1C. The minimum Gasteiger partial charge on any atom is -0.508 e. The number of carbonyl (C=O) groups excluding carboxylic acids is 3. The molecular weight excluding hydrogens is 656 g/mol. The second-order valence-corrected chi connectivity index (χ2v) is 14.1. The molecule has 52 heavy (non-hydrogen) atoms. The average molecular weight is 707 g/mol. The van der Waals surface area contributed by atoms with Gasteiger partial charge in [-0.05, 0) is 112 Å². The van der Waals surface area contributed by atoms with Crippen LogP contribution < -0.4 is 20.9 Å². The maximum absolute atomic E-state index is 12.7. The van der Waals surface area contributed by atoms with Gasteiger partial charge in [-0.1, -0.05) is 30.3 Å². The largest absolute Gasteiger partial charge is 0.508 e. The number of amides is 3. The number of anilines is 3. The number of carbonyl (C=O) groups is 3. The molecule has 1 saturated heterocycles. The fourth-order valence-electron chi connectivity index (χ4n) is 7.58. The lowest BCUT2D eigenvalue weighted by atomic mass is 9.91. The summed E-state index contributed by atoms with van der Waals surface area (Å²) in [5, 5.41) is 24.2. The minimum atomic E-state index is -0.123. The predicted octanol–water partition coefficient (Wildman–Crippen LogP) is 7.24. The lowest BCUT2D eigenvalue weighted by Gasteiger charge is -2.40. The van der Waals surface area contributed by atoms with Crippen molar-refractivity contribution in [2.45, 2.75) is 97.3 Å². The molecule has 0 unspecified atom stereocenters. The van der Waals surface area contributed by atoms with Gasteiger partial charge in [-0.3, -0.25) is 19.3 Å². The minimum absolute atomic E-state index is 0.0282. The van der Waals surface area contributed by atoms with Crippen LogP contribution in [0.2, 0.25) is 0 Å². The highest BCUT2D eigenvalue weighted by atomic mass is 16.5. The highest BCUT2D eigenvalue weighted by molar-refractivity contribution is 5.95. The van der Waals surface area contributed by atoms with Crippen LogP contribution >= 0.6 is 0 Å². The molecule has 4 N–H and O–H groups in total. The molecule has 4 aromatic rings. The van der Waals surface area contributed by atoms with Crippen LogP contribution in [-0.2, 0) is 20.9 Å². The third-order valence-corrected chi connectivity index (χ3v) is 10.1. The zero-order valence-corrected chi connectivity index (χ0v) is 30.6. The number of para-hydroxylation sites is 1. The molecule has 0 aliphatic carbocycles. The number of hydrogen-bond donors (Lipinski definition) is 4. The van der Waals surface area contributed by atoms with E-state index >= 15 is 0 Å². The molecule has 11 nitrogen and oxygen atoms in total. The first-order chi connectivity index (χ1) is 25.1. The fourth-order valence-corrected chi connectivity index (χ4v) is 7.58. The van der Waals surface area contributed by atoms with E-state index in [0.29, 0.717) is 31.5 Å². The van der Waals surface area contributed by atoms with E-state index < -0.39 is 0 Å². The summed E-state index contributed by atoms with van der Waals surface area (Å²) in [5.74, 6) is 0.914. The number of nitrogens with one attached hydrogen (secondary N) is 3. The summed E-state index contributed by atoms with van der Waals surface area (Å²) < 4.78 is 5.32. The van der Waals surface area contributed by atoms with E-state index in [1.165, 1.54) is 0 Å². The Bertz CT molecular complexity index is 1860. The number of hydrogen-bond acceptors (Lipinski definition) is 8. The monoisotopic (exact) mass is 706 g/mol. The third-order valence-electron chi connectivity index (χ3n) is 10.1. The van der Waals surface area contributed by atoms with E-state index in [-0.39, 0.29) is 48.0 Å². The Morgan fingerprint density at radius 2 is 1.65 bits per heavy atom. The highest BCUT2D eigenvalue weighted by Crippen LogP contribution is 2.39. The summed E-state index contributed by atoms with van der Waals surface area (Å²) in [6, 6.07) is 21.6. The summed E-state index contributed by atoms with van der Waals surface area (Å²) >= 11 is 0. The Kier molecular flexibility index (Phi) is 11.6. The molecule has 3 amide bonds. The second-order valence-electron chi connectivity index (χ2n) is 14.1. The Balaban J connectivity index is 0.904. The number of nitrogens with zero attached hydrogens (tertiary/aromatic N) is 3. The maximum Gasteiger partial charge on any atom is 0.226 e. The van der Waals surface area contributed by atoms with Crippen LogP contribution in [-0.4, -0.2) is 58.1 Å². The summed E-state index contributed by atoms with van der Waals surface area (Å²) in [7, 11) is 0. The normalized spacial score (nSPS) is 17.7. The standard InChI is InChI=1S/C41H50N6O5/c1-5-40(51)47-26(2)21-36(35-9-6-7-10-37(35)47)42-31-13-15-32(16-14-31)43-38(49)11-8-12-39(50)44-33-17-19-46(20-18-33)25-29-22-30(24-34(48)23-29)41-27(3)45-52-28(41)4/h6-7,9-10,13-16,22-24,26,33,36,42,48H,5,8,11-12,17-21,25H2,1-4H3,(H,43,49)(H,44,50)/t26-,36+/m0/s1. The first kappa shape index (κ1) is 36.6. The van der Waals surface area contributed by atoms with E-state index in [2.05, 4.69) is 45.1 Å². The molecule has 0 bridgehead atoms. The topological polar surface area (TPSA) is 140 Å². The lowest BCUT2D eigenvalue weighted by molar-refractivity contribution is -0.122. The van der Waals surface area contributed by atoms with Crippen molar-refractivity contribution in [3.05, 3.63) is 89.3 Å². The fraction of sp³-hybridized carbons (Fsp3) is 0.415. The first-order valence-electron chi connectivity index (χ1n) is 18.4. The summed E-state index contributed by atoms with van der Waals surface area (Å²) in [4.78, 5) is 42.3. The van der Waals surface area contributed by atoms with Gasteiger partial charge in [0.2, 0.25) is 17.7 Å². The summed E-state index contributed by atoms with van der Waals surface area (Å²) in [6.07, 6.45) is 3.97. The third kappa shape index (κ3) is 8.82. The number of aromatic hydroxyl groups is 1. The van der Waals surface area contributed by atoms with E-state index in [1.54, 1.807) is 12.1 Å². The van der Waals surface area contributed by atoms with Gasteiger partial charge in [0, 0.05) is 73.6 Å². The predicted molar refractivity (Wildman–Crippen MR) is 203 cm³/mol. The molecule has 2 atom stereocenters. The number of fused-ring (bicyclic) bond motifs is 1. The summed E-state index contributed by atoms with van der Waals surface area (Å²) in [6.45, 7) is 10.1. The van der Waals surface area contributed by atoms with Crippen LogP contribution in [0.4, 0.5) is 17.1 Å². The number of phenols is 1. The Morgan fingerprint density at radius 1 is 0.942 bits per heavy atom. The van der Waals surface area contributed by atoms with Crippen molar-refractivity contribution >= 4 is 34.8 Å². The molecule has 2 aliphatic rings. The zero-order valence-electron chi connectivity index (χ0n) is 30.6. The van der Waals surface area contributed by atoms with Gasteiger partial charge in [0.25, 0.3) is 0 Å². The zero-order chi connectivity index (χ0) is 36.8. The molecule has 1 aromatic heterocycles. The first-order valence-corrected chi connectivity index (χ1v) is 18.4. The van der Waals surface area contributed by atoms with Crippen LogP contribution in [0, 0.1) is 13.8 Å². The van der Waals surface area contributed by atoms with Gasteiger partial charge < -0.3 is 30.5 Å². The van der Waals surface area contributed by atoms with E-state index in [0.717, 1.165) is 77.4 Å². The van der Waals surface area contributed by atoms with Crippen molar-refractivity contribution in [3.63, 3.8) is 0 Å². The van der Waals surface area contributed by atoms with Gasteiger partial charge in [0.05, 0.1) is 11.7 Å². The molecule has 0 radical (unpaired) electrons. The molecule has 3 aromatic carbocycles. The molecule has 0 spiro atoms. The van der Waals surface area contributed by atoms with Gasteiger partial charge in [-0.15, -0.1) is 0 Å². The number of aromatic nitrogens is 1. The Hall–Kier alpha value is -5.16. The summed E-state index contributed by atoms with van der Waals surface area (Å²) in [5.41, 5.74) is 7.31. The van der Waals surface area contributed by atoms with Gasteiger partial charge in [-0.25, -0.2) is 0 Å². The highest BCUT2D eigenvalue weighted by Gasteiger charge is 2.33. The quantitative estimate of drug-likeness (QED) is 0.121. The van der Waals surface area contributed by atoms with Gasteiger partial charge >= 0.3 is 0 Å². The number of phenolic OH excluding ortho intramolecular Hbond substituents is 1. The molecule has 1 fully saturated rings. The number of aryl methyl sites for hydroxylation is 2. The Labute approximate surface area is 305 Å². The molecule has 0 saturated carbocycles. The molecule has 274 valence electrons. The lowest BCUT2D eigenvalue weighted by Crippen LogP contribution is -2.44. The number of benzene rings is 3. The van der Waals surface area contributed by atoms with Crippen molar-refractivity contribution in [2.24, 2.45) is 0 Å². The van der Waals surface area contributed by atoms with Crippen LogP contribution in [0.15, 0.2) is 71.3 Å². The maximum atomic E-state index is 12.7. The average Bonchev–Trinajstić information content (AvgIpc) is 3.46. The van der Waals surface area contributed by atoms with Crippen molar-refractivity contribution < 1.29 is 24.0 Å². The number of rotatable bonds is 12. The van der Waals surface area contributed by atoms with Crippen LogP contribution in [0.3, 0.4) is 0 Å². The van der Waals surface area contributed by atoms with Crippen LogP contribution in [0.1, 0.15) is 87.4 Å². The molecule has 11 heteroatoms. The molecule has 6 rings (SSSR count). The molecular formula is C41H50N6O5. The van der Waals surface area contributed by atoms with Gasteiger partial charge in [0.1, 0.15) is 11.5 Å². The van der Waals surface area contributed by atoms with Crippen molar-refractivity contribution in [3.8, 4) is 16.9 Å². The van der Waals surface area contributed by atoms with Crippen LogP contribution in [0.5, 0.6) is 5.75 Å². The van der Waals surface area contributed by atoms with Gasteiger partial charge in [-0.2, -0.15) is 0 Å². The van der Waals surface area contributed by atoms with Crippen molar-refractivity contribution in [1.29, 1.82) is 0 Å². The van der Waals surface area contributed by atoms with E-state index in [1.807, 2.05) is 68.1 Å². The molecule has 2 aliphatic heterocycles. The Morgan fingerprint density at radius 3 is 2.37 bits per heavy atom. The van der Waals surface area contributed by atoms with Crippen molar-refractivity contribution in [1.82, 2.24) is 15.4 Å². The smallest absolute Gasteiger partial charge is 0.226 e. The second kappa shape index (κ2) is 16.5.